The predicted molar refractivity (Wildman–Crippen MR) is 334 cm³/mol. The number of carbonyl (C=O) groups is 3. The van der Waals surface area contributed by atoms with Crippen molar-refractivity contribution < 1.29 is 75.8 Å². The molecule has 0 heterocycles. The number of allylic oxidation sites excluding steroid dienone is 16. The van der Waals surface area contributed by atoms with Crippen LogP contribution >= 0.6 is 15.6 Å². The Kier molecular flexibility index (Phi) is 56.3. The van der Waals surface area contributed by atoms with Crippen molar-refractivity contribution in [3.05, 3.63) is 97.2 Å². The molecule has 0 aliphatic carbocycles. The van der Waals surface area contributed by atoms with Gasteiger partial charge in [-0.1, -0.05) is 221 Å². The number of carbonyl (C=O) groups excluding carboxylic acids is 3. The number of phosphoric acid groups is 2. The third-order valence-electron chi connectivity index (χ3n) is 12.8. The van der Waals surface area contributed by atoms with Crippen molar-refractivity contribution in [3.8, 4) is 0 Å². The predicted octanol–water partition coefficient (Wildman–Crippen LogP) is 16.7. The van der Waals surface area contributed by atoms with E-state index < -0.39 is 91.5 Å². The lowest BCUT2D eigenvalue weighted by Gasteiger charge is -2.21. The van der Waals surface area contributed by atoms with E-state index in [9.17, 15) is 43.5 Å². The number of hydrogen-bond acceptors (Lipinski definition) is 14. The minimum absolute atomic E-state index is 0.103. The van der Waals surface area contributed by atoms with Crippen LogP contribution in [0.5, 0.6) is 0 Å². The van der Waals surface area contributed by atoms with Gasteiger partial charge in [-0.25, -0.2) is 9.13 Å². The lowest BCUT2D eigenvalue weighted by Crippen LogP contribution is -2.30. The summed E-state index contributed by atoms with van der Waals surface area (Å²) in [6, 6.07) is 0. The minimum atomic E-state index is -4.92. The summed E-state index contributed by atoms with van der Waals surface area (Å²) in [6.07, 6.45) is 61.9. The molecule has 0 saturated heterocycles. The van der Waals surface area contributed by atoms with E-state index >= 15 is 0 Å². The molecule has 0 aromatic heterocycles. The topological polar surface area (TPSA) is 231 Å². The highest BCUT2D eigenvalue weighted by molar-refractivity contribution is 7.47. The smallest absolute Gasteiger partial charge is 0.463 e. The first-order valence-corrected chi connectivity index (χ1v) is 34.5. The van der Waals surface area contributed by atoms with Crippen LogP contribution in [0.4, 0.5) is 0 Å². The van der Waals surface area contributed by atoms with Crippen LogP contribution in [0.25, 0.3) is 0 Å². The van der Waals surface area contributed by atoms with Crippen molar-refractivity contribution in [2.24, 2.45) is 0 Å². The highest BCUT2D eigenvalue weighted by Crippen LogP contribution is 2.45. The normalized spacial score (nSPS) is 15.0. The zero-order valence-electron chi connectivity index (χ0n) is 51.3. The molecule has 83 heavy (non-hydrogen) atoms. The molecular weight excluding hydrogens is 1100 g/mol. The van der Waals surface area contributed by atoms with E-state index in [0.29, 0.717) is 19.3 Å². The average Bonchev–Trinajstić information content (AvgIpc) is 3.46. The van der Waals surface area contributed by atoms with E-state index in [1.807, 2.05) is 0 Å². The second-order valence-corrected chi connectivity index (χ2v) is 23.7. The van der Waals surface area contributed by atoms with Crippen LogP contribution in [0, 0.1) is 0 Å². The maximum atomic E-state index is 12.8. The molecule has 0 aliphatic heterocycles. The number of phosphoric ester groups is 2. The van der Waals surface area contributed by atoms with Crippen LogP contribution in [0.15, 0.2) is 97.2 Å². The van der Waals surface area contributed by atoms with Crippen LogP contribution in [0.2, 0.25) is 0 Å². The first kappa shape index (κ1) is 79.5. The Balaban J connectivity index is 4.57. The maximum Gasteiger partial charge on any atom is 0.472 e. The summed E-state index contributed by atoms with van der Waals surface area (Å²) >= 11 is 0. The van der Waals surface area contributed by atoms with E-state index in [2.05, 4.69) is 118 Å². The number of rotatable bonds is 59. The molecule has 0 spiro atoms. The molecular formula is C65H112O16P2. The summed E-state index contributed by atoms with van der Waals surface area (Å²) in [6.45, 7) is 2.41. The Hall–Kier alpha value is -3.53. The molecule has 0 amide bonds. The second kappa shape index (κ2) is 58.8. The molecule has 0 fully saturated rings. The van der Waals surface area contributed by atoms with E-state index in [1.165, 1.54) is 38.5 Å². The van der Waals surface area contributed by atoms with Crippen molar-refractivity contribution >= 4 is 33.6 Å². The van der Waals surface area contributed by atoms with Gasteiger partial charge in [0.05, 0.1) is 26.4 Å². The third kappa shape index (κ3) is 60.0. The van der Waals surface area contributed by atoms with Gasteiger partial charge in [-0.2, -0.15) is 0 Å². The number of aliphatic hydroxyl groups excluding tert-OH is 2. The zero-order valence-corrected chi connectivity index (χ0v) is 53.1. The molecule has 0 rings (SSSR count). The highest BCUT2D eigenvalue weighted by Gasteiger charge is 2.29. The number of unbranched alkanes of at least 4 members (excludes halogenated alkanes) is 20. The van der Waals surface area contributed by atoms with Crippen molar-refractivity contribution in [3.63, 3.8) is 0 Å². The van der Waals surface area contributed by atoms with E-state index in [1.54, 1.807) is 0 Å². The van der Waals surface area contributed by atoms with E-state index in [4.69, 9.17) is 32.3 Å². The Bertz CT molecular complexity index is 1910. The zero-order chi connectivity index (χ0) is 61.0. The Morgan fingerprint density at radius 3 is 1.06 bits per heavy atom. The van der Waals surface area contributed by atoms with Gasteiger partial charge in [0.25, 0.3) is 0 Å². The quantitative estimate of drug-likeness (QED) is 0.0146. The summed E-state index contributed by atoms with van der Waals surface area (Å²) in [7, 11) is -9.77. The fourth-order valence-corrected chi connectivity index (χ4v) is 9.55. The molecule has 0 aromatic carbocycles. The third-order valence-corrected chi connectivity index (χ3v) is 14.7. The van der Waals surface area contributed by atoms with Gasteiger partial charge in [0.1, 0.15) is 25.4 Å². The van der Waals surface area contributed by atoms with Gasteiger partial charge in [-0.15, -0.1) is 0 Å². The lowest BCUT2D eigenvalue weighted by molar-refractivity contribution is -0.161. The standard InChI is InChI=1S/C65H112O16P2/c1-4-7-10-13-16-19-22-24-25-26-27-28-29-30-31-32-33-35-38-39-42-45-48-51-63(68)75-54-60(66)55-77-82(71,72)78-56-61(67)57-79-83(73,74)80-59-62(81-65(70)53-50-47-44-41-36-21-18-15-12-9-6-3)58-76-64(69)52-49-46-43-40-37-34-23-20-17-14-11-8-5-2/h7,10-11,14,16,19-20,23-25,27-28,30-31,33,35,60-62,66-67H,4-6,8-9,12-13,15,17-18,21-22,26,29,32,34,36-59H2,1-3H3,(H,71,72)(H,73,74)/b10-7-,14-11-,19-16-,23-20-,25-24-,28-27-,31-30-,35-33-. The molecule has 0 aromatic rings. The molecule has 0 saturated carbocycles. The first-order chi connectivity index (χ1) is 40.2. The van der Waals surface area contributed by atoms with Crippen LogP contribution in [0.3, 0.4) is 0 Å². The maximum absolute atomic E-state index is 12.8. The van der Waals surface area contributed by atoms with E-state index in [0.717, 1.165) is 141 Å². The largest absolute Gasteiger partial charge is 0.472 e. The second-order valence-electron chi connectivity index (χ2n) is 20.8. The van der Waals surface area contributed by atoms with Crippen molar-refractivity contribution in [1.29, 1.82) is 0 Å². The van der Waals surface area contributed by atoms with Gasteiger partial charge in [0.2, 0.25) is 0 Å². The average molecular weight is 1210 g/mol. The lowest BCUT2D eigenvalue weighted by atomic mass is 10.1. The van der Waals surface area contributed by atoms with Gasteiger partial charge in [-0.05, 0) is 96.3 Å². The van der Waals surface area contributed by atoms with Crippen LogP contribution in [-0.2, 0) is 55.8 Å². The van der Waals surface area contributed by atoms with Crippen LogP contribution in [-0.4, -0.2) is 95.9 Å². The molecule has 5 atom stereocenters. The Labute approximate surface area is 501 Å². The van der Waals surface area contributed by atoms with Gasteiger partial charge in [-0.3, -0.25) is 32.5 Å². The van der Waals surface area contributed by atoms with Gasteiger partial charge in [0, 0.05) is 19.3 Å². The summed E-state index contributed by atoms with van der Waals surface area (Å²) in [5.74, 6) is -1.62. The molecule has 0 radical (unpaired) electrons. The van der Waals surface area contributed by atoms with Crippen molar-refractivity contribution in [2.75, 3.05) is 39.6 Å². The summed E-state index contributed by atoms with van der Waals surface area (Å²) < 4.78 is 60.6. The fraction of sp³-hybridized carbons (Fsp3) is 0.708. The molecule has 18 heteroatoms. The fourth-order valence-electron chi connectivity index (χ4n) is 7.96. The Morgan fingerprint density at radius 2 is 0.663 bits per heavy atom. The number of aliphatic hydroxyl groups is 2. The first-order valence-electron chi connectivity index (χ1n) is 31.5. The van der Waals surface area contributed by atoms with E-state index in [-0.39, 0.29) is 19.3 Å². The van der Waals surface area contributed by atoms with Crippen LogP contribution < -0.4 is 0 Å². The molecule has 478 valence electrons. The van der Waals surface area contributed by atoms with Crippen molar-refractivity contribution in [2.45, 2.75) is 257 Å². The summed E-state index contributed by atoms with van der Waals surface area (Å²) in [5.41, 5.74) is 0. The van der Waals surface area contributed by atoms with Gasteiger partial charge in [0.15, 0.2) is 6.10 Å². The van der Waals surface area contributed by atoms with Gasteiger partial charge < -0.3 is 34.2 Å². The number of ether oxygens (including phenoxy) is 3. The molecule has 0 bridgehead atoms. The molecule has 16 nitrogen and oxygen atoms in total. The van der Waals surface area contributed by atoms with Crippen molar-refractivity contribution in [1.82, 2.24) is 0 Å². The summed E-state index contributed by atoms with van der Waals surface area (Å²) in [5, 5.41) is 20.5. The molecule has 4 N–H and O–H groups in total. The molecule has 5 unspecified atom stereocenters. The minimum Gasteiger partial charge on any atom is -0.463 e. The highest BCUT2D eigenvalue weighted by atomic mass is 31.2. The SMILES string of the molecule is CC/C=C\C/C=C\C/C=C\C/C=C\C/C=C\C/C=C\CCCCCCC(=O)OCC(O)COP(=O)(O)OCC(O)COP(=O)(O)OCC(COC(=O)CCCCCCC/C=C\C/C=C\CCC)OC(=O)CCCCCCCCCCCCC. The summed E-state index contributed by atoms with van der Waals surface area (Å²) in [4.78, 5) is 58.1. The number of hydrogen-bond donors (Lipinski definition) is 4. The van der Waals surface area contributed by atoms with Gasteiger partial charge >= 0.3 is 33.6 Å². The Morgan fingerprint density at radius 1 is 0.349 bits per heavy atom. The number of esters is 3. The molecule has 0 aliphatic rings. The van der Waals surface area contributed by atoms with Crippen LogP contribution in [0.1, 0.15) is 239 Å². The monoisotopic (exact) mass is 1210 g/mol.